The van der Waals surface area contributed by atoms with Crippen molar-refractivity contribution in [3.8, 4) is 11.4 Å². The third-order valence-electron chi connectivity index (χ3n) is 2.91. The van der Waals surface area contributed by atoms with E-state index in [0.29, 0.717) is 0 Å². The van der Waals surface area contributed by atoms with Crippen LogP contribution in [0.4, 0.5) is 4.39 Å². The Bertz CT molecular complexity index is 910. The molecule has 0 fully saturated rings. The van der Waals surface area contributed by atoms with E-state index >= 15 is 0 Å². The number of pyridine rings is 1. The molecule has 20 heavy (non-hydrogen) atoms. The molecule has 0 radical (unpaired) electrons. The maximum Gasteiger partial charge on any atom is 0.282 e. The number of nitrogens with one attached hydrogen (secondary N) is 1. The number of aromatic nitrogens is 3. The van der Waals surface area contributed by atoms with Crippen molar-refractivity contribution < 1.29 is 9.50 Å². The summed E-state index contributed by atoms with van der Waals surface area (Å²) in [5.74, 6) is -1.13. The second-order valence-electron chi connectivity index (χ2n) is 4.09. The van der Waals surface area contributed by atoms with Gasteiger partial charge < -0.3 is 10.1 Å². The smallest absolute Gasteiger partial charge is 0.282 e. The van der Waals surface area contributed by atoms with Gasteiger partial charge in [-0.25, -0.2) is 9.37 Å². The van der Waals surface area contributed by atoms with Crippen molar-refractivity contribution in [2.75, 3.05) is 0 Å². The lowest BCUT2D eigenvalue weighted by Crippen LogP contribution is -2.22. The zero-order chi connectivity index (χ0) is 14.3. The zero-order valence-corrected chi connectivity index (χ0v) is 10.0. The average molecular weight is 273 g/mol. The molecule has 0 aliphatic heterocycles. The molecule has 2 aromatic heterocycles. The Labute approximate surface area is 110 Å². The van der Waals surface area contributed by atoms with E-state index in [1.54, 1.807) is 0 Å². The highest BCUT2D eigenvalue weighted by atomic mass is 19.1. The van der Waals surface area contributed by atoms with Crippen LogP contribution in [0.2, 0.25) is 0 Å². The number of aromatic hydroxyl groups is 1. The van der Waals surface area contributed by atoms with Gasteiger partial charge in [-0.2, -0.15) is 0 Å². The van der Waals surface area contributed by atoms with Gasteiger partial charge in [0.1, 0.15) is 17.0 Å². The molecule has 0 saturated heterocycles. The molecule has 2 N–H and O–H groups in total. The highest BCUT2D eigenvalue weighted by molar-refractivity contribution is 5.76. The number of hydrogen-bond donors (Lipinski definition) is 2. The van der Waals surface area contributed by atoms with Crippen LogP contribution in [0, 0.1) is 5.82 Å². The largest absolute Gasteiger partial charge is 0.506 e. The highest BCUT2D eigenvalue weighted by Crippen LogP contribution is 2.23. The number of nitrogens with zero attached hydrogens (tertiary/aromatic N) is 2. The van der Waals surface area contributed by atoms with E-state index in [-0.39, 0.29) is 22.3 Å². The number of fused-ring (bicyclic) bond motifs is 1. The van der Waals surface area contributed by atoms with Crippen LogP contribution in [0.15, 0.2) is 46.4 Å². The first-order valence-electron chi connectivity index (χ1n) is 5.66. The summed E-state index contributed by atoms with van der Waals surface area (Å²) in [4.78, 5) is 29.9. The fourth-order valence-corrected chi connectivity index (χ4v) is 1.98. The summed E-state index contributed by atoms with van der Waals surface area (Å²) >= 11 is 0. The summed E-state index contributed by atoms with van der Waals surface area (Å²) < 4.78 is 14.7. The lowest BCUT2D eigenvalue weighted by atomic mass is 10.2. The molecule has 0 atom stereocenters. The quantitative estimate of drug-likeness (QED) is 0.690. The predicted molar refractivity (Wildman–Crippen MR) is 69.6 cm³/mol. The van der Waals surface area contributed by atoms with E-state index in [4.69, 9.17) is 0 Å². The monoisotopic (exact) mass is 273 g/mol. The normalized spacial score (nSPS) is 10.8. The van der Waals surface area contributed by atoms with Gasteiger partial charge in [0.2, 0.25) is 0 Å². The second kappa shape index (κ2) is 4.30. The van der Waals surface area contributed by atoms with Crippen LogP contribution in [-0.4, -0.2) is 19.6 Å². The molecule has 0 amide bonds. The number of H-pyrrole nitrogens is 1. The van der Waals surface area contributed by atoms with E-state index in [9.17, 15) is 19.1 Å². The van der Waals surface area contributed by atoms with Gasteiger partial charge in [0.15, 0.2) is 5.82 Å². The Balaban J connectivity index is 2.43. The molecule has 0 spiro atoms. The topological polar surface area (TPSA) is 88.0 Å². The van der Waals surface area contributed by atoms with Crippen molar-refractivity contribution in [1.82, 2.24) is 14.5 Å². The molecule has 0 aliphatic rings. The third kappa shape index (κ3) is 1.68. The number of phenols is 1. The van der Waals surface area contributed by atoms with Crippen LogP contribution in [0.25, 0.3) is 16.6 Å². The molecule has 0 saturated carbocycles. The van der Waals surface area contributed by atoms with Crippen molar-refractivity contribution in [3.05, 3.63) is 63.3 Å². The van der Waals surface area contributed by atoms with Crippen LogP contribution < -0.4 is 11.1 Å². The van der Waals surface area contributed by atoms with Crippen LogP contribution in [0.3, 0.4) is 0 Å². The molecular weight excluding hydrogens is 265 g/mol. The lowest BCUT2D eigenvalue weighted by Gasteiger charge is -2.09. The maximum atomic E-state index is 13.8. The van der Waals surface area contributed by atoms with Crippen LogP contribution in [0.5, 0.6) is 5.75 Å². The van der Waals surface area contributed by atoms with E-state index in [0.717, 1.165) is 17.0 Å². The molecule has 2 heterocycles. The van der Waals surface area contributed by atoms with Gasteiger partial charge in [0.25, 0.3) is 11.1 Å². The number of hydrogen-bond acceptors (Lipinski definition) is 4. The minimum atomic E-state index is -0.753. The number of benzene rings is 1. The van der Waals surface area contributed by atoms with Crippen molar-refractivity contribution in [3.63, 3.8) is 0 Å². The molecule has 100 valence electrons. The minimum Gasteiger partial charge on any atom is -0.506 e. The molecule has 3 rings (SSSR count). The van der Waals surface area contributed by atoms with Crippen molar-refractivity contribution >= 4 is 10.9 Å². The van der Waals surface area contributed by atoms with Crippen molar-refractivity contribution in [2.45, 2.75) is 0 Å². The summed E-state index contributed by atoms with van der Waals surface area (Å²) in [5, 5.41) is 9.81. The molecule has 0 aliphatic carbocycles. The molecule has 0 bridgehead atoms. The van der Waals surface area contributed by atoms with Crippen LogP contribution in [0.1, 0.15) is 0 Å². The number of rotatable bonds is 1. The summed E-state index contributed by atoms with van der Waals surface area (Å²) in [6.45, 7) is 0. The standard InChI is InChI=1S/C13H8FN3O3/c14-8-2-1-3-9(18)11(8)17-5-4-7-10(13(17)20)15-6-16-12(7)19/h1-6,18H,(H,15,16,19). The summed E-state index contributed by atoms with van der Waals surface area (Å²) in [6.07, 6.45) is 2.32. The van der Waals surface area contributed by atoms with Gasteiger partial charge in [-0.15, -0.1) is 0 Å². The maximum absolute atomic E-state index is 13.8. The van der Waals surface area contributed by atoms with E-state index in [1.165, 1.54) is 24.4 Å². The van der Waals surface area contributed by atoms with Gasteiger partial charge in [-0.05, 0) is 18.2 Å². The van der Waals surface area contributed by atoms with Gasteiger partial charge >= 0.3 is 0 Å². The molecule has 1 aromatic carbocycles. The SMILES string of the molecule is O=c1[nH]cnc2c(=O)n(-c3c(O)cccc3F)ccc12. The van der Waals surface area contributed by atoms with Crippen LogP contribution >= 0.6 is 0 Å². The minimum absolute atomic E-state index is 0.0982. The third-order valence-corrected chi connectivity index (χ3v) is 2.91. The Morgan fingerprint density at radius 3 is 2.80 bits per heavy atom. The van der Waals surface area contributed by atoms with E-state index in [1.807, 2.05) is 0 Å². The lowest BCUT2D eigenvalue weighted by molar-refractivity contribution is 0.464. The van der Waals surface area contributed by atoms with E-state index < -0.39 is 16.9 Å². The Hall–Kier alpha value is -2.96. The molecular formula is C13H8FN3O3. The van der Waals surface area contributed by atoms with Gasteiger partial charge in [-0.1, -0.05) is 6.07 Å². The van der Waals surface area contributed by atoms with Crippen LogP contribution in [-0.2, 0) is 0 Å². The second-order valence-corrected chi connectivity index (χ2v) is 4.09. The number of phenolic OH excluding ortho intramolecular Hbond substituents is 1. The van der Waals surface area contributed by atoms with E-state index in [2.05, 4.69) is 9.97 Å². The van der Waals surface area contributed by atoms with Crippen molar-refractivity contribution in [1.29, 1.82) is 0 Å². The highest BCUT2D eigenvalue weighted by Gasteiger charge is 2.14. The summed E-state index contributed by atoms with van der Waals surface area (Å²) in [6, 6.07) is 5.05. The Morgan fingerprint density at radius 1 is 1.25 bits per heavy atom. The molecule has 6 nitrogen and oxygen atoms in total. The average Bonchev–Trinajstić information content (AvgIpc) is 2.42. The number of aromatic amines is 1. The molecule has 7 heteroatoms. The number of para-hydroxylation sites is 1. The first-order valence-corrected chi connectivity index (χ1v) is 5.66. The fraction of sp³-hybridized carbons (Fsp3) is 0. The van der Waals surface area contributed by atoms with Gasteiger partial charge in [-0.3, -0.25) is 14.2 Å². The summed E-state index contributed by atoms with van der Waals surface area (Å²) in [7, 11) is 0. The molecule has 0 unspecified atom stereocenters. The molecule has 3 aromatic rings. The van der Waals surface area contributed by atoms with Gasteiger partial charge in [0, 0.05) is 6.20 Å². The summed E-state index contributed by atoms with van der Waals surface area (Å²) in [5.41, 5.74) is -1.52. The Kier molecular flexibility index (Phi) is 2.60. The van der Waals surface area contributed by atoms with Crippen molar-refractivity contribution in [2.24, 2.45) is 0 Å². The first-order chi connectivity index (χ1) is 9.59. The fourth-order valence-electron chi connectivity index (χ4n) is 1.98. The Morgan fingerprint density at radius 2 is 2.05 bits per heavy atom. The number of halogens is 1. The first kappa shape index (κ1) is 12.1. The predicted octanol–water partition coefficient (Wildman–Crippen LogP) is 0.919. The zero-order valence-electron chi connectivity index (χ0n) is 10.0. The van der Waals surface area contributed by atoms with Gasteiger partial charge in [0.05, 0.1) is 11.7 Å².